The Morgan fingerprint density at radius 2 is 1.87 bits per heavy atom. The first-order chi connectivity index (χ1) is 15.2. The van der Waals surface area contributed by atoms with Crippen LogP contribution in [0.15, 0.2) is 48.7 Å². The van der Waals surface area contributed by atoms with Gasteiger partial charge in [-0.15, -0.1) is 0 Å². The molecule has 2 aromatic heterocycles. The van der Waals surface area contributed by atoms with Crippen LogP contribution in [0.4, 0.5) is 0 Å². The van der Waals surface area contributed by atoms with Gasteiger partial charge in [-0.3, -0.25) is 14.2 Å². The molecule has 162 valence electrons. The Morgan fingerprint density at radius 3 is 2.68 bits per heavy atom. The highest BCUT2D eigenvalue weighted by Gasteiger charge is 2.32. The molecule has 1 aliphatic rings. The Hall–Kier alpha value is -3.15. The van der Waals surface area contributed by atoms with E-state index >= 15 is 0 Å². The fourth-order valence-corrected chi connectivity index (χ4v) is 4.49. The zero-order valence-corrected chi connectivity index (χ0v) is 18.0. The molecule has 4 rings (SSSR count). The van der Waals surface area contributed by atoms with Crippen molar-refractivity contribution in [3.63, 3.8) is 0 Å². The Balaban J connectivity index is 1.36. The summed E-state index contributed by atoms with van der Waals surface area (Å²) in [6.07, 6.45) is 7.50. The zero-order valence-electron chi connectivity index (χ0n) is 18.0. The SMILES string of the molecule is COC(=O)CCCCCCNC(=O)C1Cc2c(n(-c3ccccn3)c3ccccc23)C1. The minimum absolute atomic E-state index is 0.0381. The van der Waals surface area contributed by atoms with Crippen molar-refractivity contribution in [3.05, 3.63) is 59.9 Å². The molecule has 1 amide bonds. The second kappa shape index (κ2) is 9.77. The largest absolute Gasteiger partial charge is 0.469 e. The molecule has 0 aliphatic heterocycles. The molecule has 0 radical (unpaired) electrons. The third-order valence-electron chi connectivity index (χ3n) is 6.06. The number of hydrogen-bond donors (Lipinski definition) is 1. The summed E-state index contributed by atoms with van der Waals surface area (Å²) >= 11 is 0. The molecule has 0 saturated heterocycles. The summed E-state index contributed by atoms with van der Waals surface area (Å²) < 4.78 is 6.86. The maximum absolute atomic E-state index is 12.8. The molecular formula is C25H29N3O3. The molecule has 1 aliphatic carbocycles. The van der Waals surface area contributed by atoms with Gasteiger partial charge in [0.05, 0.1) is 12.6 Å². The maximum Gasteiger partial charge on any atom is 0.305 e. The van der Waals surface area contributed by atoms with Crippen LogP contribution in [0.2, 0.25) is 0 Å². The van der Waals surface area contributed by atoms with Crippen molar-refractivity contribution in [3.8, 4) is 5.82 Å². The molecule has 2 heterocycles. The quantitative estimate of drug-likeness (QED) is 0.421. The Morgan fingerprint density at radius 1 is 1.06 bits per heavy atom. The number of fused-ring (bicyclic) bond motifs is 3. The Kier molecular flexibility index (Phi) is 6.65. The van der Waals surface area contributed by atoms with Crippen LogP contribution in [0.25, 0.3) is 16.7 Å². The van der Waals surface area contributed by atoms with Crippen LogP contribution >= 0.6 is 0 Å². The fourth-order valence-electron chi connectivity index (χ4n) is 4.49. The van der Waals surface area contributed by atoms with E-state index in [9.17, 15) is 9.59 Å². The first-order valence-corrected chi connectivity index (χ1v) is 11.1. The number of unbranched alkanes of at least 4 members (excludes halogenated alkanes) is 3. The standard InChI is InChI=1S/C25H29N3O3/c1-31-24(29)13-4-2-3-8-15-27-25(30)18-16-20-19-10-5-6-11-21(19)28(22(20)17-18)23-12-7-9-14-26-23/h5-7,9-12,14,18H,2-4,8,13,15-17H2,1H3,(H,27,30). The number of aromatic nitrogens is 2. The van der Waals surface area contributed by atoms with Crippen LogP contribution < -0.4 is 5.32 Å². The van der Waals surface area contributed by atoms with Crippen molar-refractivity contribution in [2.45, 2.75) is 44.9 Å². The monoisotopic (exact) mass is 419 g/mol. The second-order valence-electron chi connectivity index (χ2n) is 8.10. The first kappa shape index (κ1) is 21.1. The zero-order chi connectivity index (χ0) is 21.6. The number of benzene rings is 1. The van der Waals surface area contributed by atoms with Gasteiger partial charge in [-0.25, -0.2) is 4.98 Å². The van der Waals surface area contributed by atoms with Gasteiger partial charge in [0.25, 0.3) is 0 Å². The highest BCUT2D eigenvalue weighted by molar-refractivity contribution is 5.90. The predicted octanol–water partition coefficient (Wildman–Crippen LogP) is 3.98. The third-order valence-corrected chi connectivity index (χ3v) is 6.06. The van der Waals surface area contributed by atoms with E-state index in [1.165, 1.54) is 23.8 Å². The molecule has 1 aromatic carbocycles. The fraction of sp³-hybridized carbons (Fsp3) is 0.400. The molecule has 0 bridgehead atoms. The molecular weight excluding hydrogens is 390 g/mol. The van der Waals surface area contributed by atoms with Crippen molar-refractivity contribution in [2.75, 3.05) is 13.7 Å². The maximum atomic E-state index is 12.8. The van der Waals surface area contributed by atoms with Gasteiger partial charge in [0.2, 0.25) is 5.91 Å². The minimum atomic E-state index is -0.156. The predicted molar refractivity (Wildman–Crippen MR) is 120 cm³/mol. The van der Waals surface area contributed by atoms with Gasteiger partial charge < -0.3 is 10.1 Å². The van der Waals surface area contributed by atoms with Gasteiger partial charge in [0, 0.05) is 42.6 Å². The number of amides is 1. The lowest BCUT2D eigenvalue weighted by Gasteiger charge is -2.13. The summed E-state index contributed by atoms with van der Waals surface area (Å²) in [5.74, 6) is 0.829. The topological polar surface area (TPSA) is 73.2 Å². The van der Waals surface area contributed by atoms with Crippen molar-refractivity contribution in [2.24, 2.45) is 5.92 Å². The molecule has 1 N–H and O–H groups in total. The van der Waals surface area contributed by atoms with E-state index in [2.05, 4.69) is 37.8 Å². The van der Waals surface area contributed by atoms with E-state index in [-0.39, 0.29) is 17.8 Å². The van der Waals surface area contributed by atoms with E-state index in [0.29, 0.717) is 13.0 Å². The number of nitrogens with zero attached hydrogens (tertiary/aromatic N) is 2. The molecule has 1 atom stereocenters. The summed E-state index contributed by atoms with van der Waals surface area (Å²) in [6.45, 7) is 0.679. The minimum Gasteiger partial charge on any atom is -0.469 e. The summed E-state index contributed by atoms with van der Waals surface area (Å²) in [5, 5.41) is 4.32. The normalized spacial score (nSPS) is 15.1. The number of carbonyl (C=O) groups excluding carboxylic acids is 2. The van der Waals surface area contributed by atoms with E-state index in [4.69, 9.17) is 0 Å². The molecule has 0 fully saturated rings. The average Bonchev–Trinajstić information content (AvgIpc) is 3.36. The molecule has 6 nitrogen and oxygen atoms in total. The van der Waals surface area contributed by atoms with E-state index in [1.807, 2.05) is 24.3 Å². The highest BCUT2D eigenvalue weighted by Crippen LogP contribution is 2.37. The van der Waals surface area contributed by atoms with Crippen molar-refractivity contribution >= 4 is 22.8 Å². The van der Waals surface area contributed by atoms with E-state index in [1.54, 1.807) is 6.20 Å². The number of rotatable bonds is 9. The number of ether oxygens (including phenoxy) is 1. The van der Waals surface area contributed by atoms with Gasteiger partial charge in [-0.2, -0.15) is 0 Å². The lowest BCUT2D eigenvalue weighted by Crippen LogP contribution is -2.32. The van der Waals surface area contributed by atoms with Crippen LogP contribution in [0.3, 0.4) is 0 Å². The smallest absolute Gasteiger partial charge is 0.305 e. The van der Waals surface area contributed by atoms with Crippen LogP contribution in [0.1, 0.15) is 43.4 Å². The number of nitrogens with one attached hydrogen (secondary N) is 1. The molecule has 6 heteroatoms. The number of para-hydroxylation sites is 1. The van der Waals surface area contributed by atoms with Gasteiger partial charge in [-0.05, 0) is 43.0 Å². The summed E-state index contributed by atoms with van der Waals surface area (Å²) in [7, 11) is 1.42. The second-order valence-corrected chi connectivity index (χ2v) is 8.10. The Labute approximate surface area is 182 Å². The van der Waals surface area contributed by atoms with Gasteiger partial charge in [-0.1, -0.05) is 37.1 Å². The number of methoxy groups -OCH3 is 1. The molecule has 0 spiro atoms. The van der Waals surface area contributed by atoms with Gasteiger partial charge in [0.15, 0.2) is 0 Å². The number of esters is 1. The lowest BCUT2D eigenvalue weighted by molar-refractivity contribution is -0.140. The molecule has 1 unspecified atom stereocenters. The average molecular weight is 420 g/mol. The van der Waals surface area contributed by atoms with Crippen molar-refractivity contribution in [1.29, 1.82) is 0 Å². The molecule has 31 heavy (non-hydrogen) atoms. The first-order valence-electron chi connectivity index (χ1n) is 11.1. The van der Waals surface area contributed by atoms with Crippen molar-refractivity contribution < 1.29 is 14.3 Å². The van der Waals surface area contributed by atoms with Crippen LogP contribution in [-0.2, 0) is 27.2 Å². The van der Waals surface area contributed by atoms with Gasteiger partial charge in [0.1, 0.15) is 5.82 Å². The van der Waals surface area contributed by atoms with Crippen LogP contribution in [-0.4, -0.2) is 35.1 Å². The number of hydrogen-bond acceptors (Lipinski definition) is 4. The summed E-state index contributed by atoms with van der Waals surface area (Å²) in [4.78, 5) is 28.5. The number of carbonyl (C=O) groups is 2. The molecule has 0 saturated carbocycles. The van der Waals surface area contributed by atoms with Crippen LogP contribution in [0.5, 0.6) is 0 Å². The van der Waals surface area contributed by atoms with E-state index < -0.39 is 0 Å². The van der Waals surface area contributed by atoms with E-state index in [0.717, 1.165) is 49.9 Å². The third kappa shape index (κ3) is 4.63. The van der Waals surface area contributed by atoms with Gasteiger partial charge >= 0.3 is 5.97 Å². The summed E-state index contributed by atoms with van der Waals surface area (Å²) in [5.41, 5.74) is 3.61. The lowest BCUT2D eigenvalue weighted by atomic mass is 10.0. The highest BCUT2D eigenvalue weighted by atomic mass is 16.5. The summed E-state index contributed by atoms with van der Waals surface area (Å²) in [6, 6.07) is 14.3. The molecule has 3 aromatic rings. The number of pyridine rings is 1. The van der Waals surface area contributed by atoms with Crippen molar-refractivity contribution in [1.82, 2.24) is 14.9 Å². The Bertz CT molecular complexity index is 1060. The van der Waals surface area contributed by atoms with Crippen LogP contribution in [0, 0.1) is 5.92 Å².